The first-order valence-electron chi connectivity index (χ1n) is 6.54. The molecular weight excluding hydrogens is 296 g/mol. The van der Waals surface area contributed by atoms with Crippen LogP contribution in [0.15, 0.2) is 38.6 Å². The van der Waals surface area contributed by atoms with Crippen LogP contribution in [0.1, 0.15) is 6.23 Å². The standard InChI is InChI=1S/C13H14N2O7/c16-5-8-9(17)10(18)12(22-8)15-4-6(7-2-1-3-21-7)11(19)14-13(15)20/h1-4,8-10,12,16-18H,5H2,(H,14,19,20)/t8-,9-,10-,12-/m1/s1. The quantitative estimate of drug-likeness (QED) is 0.536. The van der Waals surface area contributed by atoms with Crippen molar-refractivity contribution in [2.24, 2.45) is 0 Å². The van der Waals surface area contributed by atoms with Crippen LogP contribution in [0.2, 0.25) is 0 Å². The normalized spacial score (nSPS) is 28.1. The molecule has 1 aliphatic rings. The molecule has 0 amide bonds. The fourth-order valence-corrected chi connectivity index (χ4v) is 2.39. The number of aromatic amines is 1. The van der Waals surface area contributed by atoms with Crippen molar-refractivity contribution in [1.82, 2.24) is 9.55 Å². The molecule has 0 unspecified atom stereocenters. The van der Waals surface area contributed by atoms with E-state index in [1.807, 2.05) is 0 Å². The fourth-order valence-electron chi connectivity index (χ4n) is 2.39. The van der Waals surface area contributed by atoms with Gasteiger partial charge in [0.15, 0.2) is 6.23 Å². The number of aliphatic hydroxyl groups is 3. The molecule has 2 aromatic rings. The van der Waals surface area contributed by atoms with Crippen LogP contribution in [0.25, 0.3) is 11.3 Å². The van der Waals surface area contributed by atoms with Crippen molar-refractivity contribution in [2.75, 3.05) is 6.61 Å². The predicted molar refractivity (Wildman–Crippen MR) is 72.0 cm³/mol. The zero-order chi connectivity index (χ0) is 15.9. The van der Waals surface area contributed by atoms with Gasteiger partial charge in [-0.2, -0.15) is 0 Å². The Kier molecular flexibility index (Phi) is 3.71. The first-order valence-corrected chi connectivity index (χ1v) is 6.54. The molecule has 1 saturated heterocycles. The summed E-state index contributed by atoms with van der Waals surface area (Å²) < 4.78 is 11.3. The summed E-state index contributed by atoms with van der Waals surface area (Å²) in [6, 6.07) is 3.12. The Morgan fingerprint density at radius 3 is 2.64 bits per heavy atom. The lowest BCUT2D eigenvalue weighted by Crippen LogP contribution is -2.38. The van der Waals surface area contributed by atoms with Gasteiger partial charge in [0.1, 0.15) is 24.1 Å². The summed E-state index contributed by atoms with van der Waals surface area (Å²) in [5.41, 5.74) is -1.39. The summed E-state index contributed by atoms with van der Waals surface area (Å²) >= 11 is 0. The number of rotatable bonds is 3. The van der Waals surface area contributed by atoms with Gasteiger partial charge in [0, 0.05) is 6.20 Å². The minimum Gasteiger partial charge on any atom is -0.464 e. The molecular formula is C13H14N2O7. The maximum Gasteiger partial charge on any atom is 0.330 e. The molecule has 0 radical (unpaired) electrons. The van der Waals surface area contributed by atoms with Gasteiger partial charge in [-0.15, -0.1) is 0 Å². The number of furan rings is 1. The van der Waals surface area contributed by atoms with Gasteiger partial charge in [-0.3, -0.25) is 14.3 Å². The van der Waals surface area contributed by atoms with Gasteiger partial charge < -0.3 is 24.5 Å². The third-order valence-corrected chi connectivity index (χ3v) is 3.55. The molecule has 1 aliphatic heterocycles. The van der Waals surface area contributed by atoms with E-state index < -0.39 is 42.4 Å². The summed E-state index contributed by atoms with van der Waals surface area (Å²) in [7, 11) is 0. The van der Waals surface area contributed by atoms with Gasteiger partial charge >= 0.3 is 5.69 Å². The first kappa shape index (κ1) is 14.7. The van der Waals surface area contributed by atoms with Gasteiger partial charge in [0.05, 0.1) is 18.4 Å². The highest BCUT2D eigenvalue weighted by Crippen LogP contribution is 2.28. The summed E-state index contributed by atoms with van der Waals surface area (Å²) in [6.45, 7) is -0.516. The second kappa shape index (κ2) is 5.54. The monoisotopic (exact) mass is 310 g/mol. The number of H-pyrrole nitrogens is 1. The minimum absolute atomic E-state index is 0.0716. The van der Waals surface area contributed by atoms with E-state index in [-0.39, 0.29) is 11.3 Å². The predicted octanol–water partition coefficient (Wildman–Crippen LogP) is -1.59. The Hall–Kier alpha value is -2.20. The Morgan fingerprint density at radius 2 is 2.05 bits per heavy atom. The van der Waals surface area contributed by atoms with Crippen LogP contribution in [0.3, 0.4) is 0 Å². The van der Waals surface area contributed by atoms with E-state index in [1.165, 1.54) is 18.5 Å². The number of nitrogens with zero attached hydrogens (tertiary/aromatic N) is 1. The molecule has 1 fully saturated rings. The zero-order valence-corrected chi connectivity index (χ0v) is 11.2. The average Bonchev–Trinajstić information content (AvgIpc) is 3.10. The minimum atomic E-state index is -1.43. The van der Waals surface area contributed by atoms with E-state index in [4.69, 9.17) is 14.3 Å². The van der Waals surface area contributed by atoms with E-state index in [0.29, 0.717) is 0 Å². The number of nitrogens with one attached hydrogen (secondary N) is 1. The van der Waals surface area contributed by atoms with Gasteiger partial charge in [0.2, 0.25) is 0 Å². The number of hydrogen-bond acceptors (Lipinski definition) is 7. The van der Waals surface area contributed by atoms with Crippen LogP contribution in [0, 0.1) is 0 Å². The Balaban J connectivity index is 2.07. The van der Waals surface area contributed by atoms with Gasteiger partial charge in [-0.1, -0.05) is 0 Å². The highest BCUT2D eigenvalue weighted by Gasteiger charge is 2.43. The summed E-state index contributed by atoms with van der Waals surface area (Å²) in [6.07, 6.45) is -2.47. The molecule has 3 rings (SSSR count). The SMILES string of the molecule is O=c1[nH]c(=O)n([C@@H]2O[C@H](CO)[C@@H](O)[C@H]2O)cc1-c1ccco1. The lowest BCUT2D eigenvalue weighted by molar-refractivity contribution is -0.0549. The van der Waals surface area contributed by atoms with Crippen molar-refractivity contribution in [2.45, 2.75) is 24.5 Å². The first-order chi connectivity index (χ1) is 10.5. The molecule has 0 aliphatic carbocycles. The third-order valence-electron chi connectivity index (χ3n) is 3.55. The number of ether oxygens (including phenoxy) is 1. The Labute approximate surface area is 123 Å². The molecule has 9 heteroatoms. The average molecular weight is 310 g/mol. The molecule has 4 N–H and O–H groups in total. The molecule has 2 aromatic heterocycles. The maximum absolute atomic E-state index is 11.9. The van der Waals surface area contributed by atoms with Crippen LogP contribution in [-0.4, -0.2) is 49.8 Å². The Morgan fingerprint density at radius 1 is 1.27 bits per heavy atom. The lowest BCUT2D eigenvalue weighted by Gasteiger charge is -2.17. The molecule has 22 heavy (non-hydrogen) atoms. The summed E-state index contributed by atoms with van der Waals surface area (Å²) in [5, 5.41) is 28.8. The van der Waals surface area contributed by atoms with Crippen LogP contribution >= 0.6 is 0 Å². The zero-order valence-electron chi connectivity index (χ0n) is 11.2. The van der Waals surface area contributed by atoms with Crippen LogP contribution in [0.5, 0.6) is 0 Å². The Bertz CT molecular complexity index is 763. The van der Waals surface area contributed by atoms with Crippen molar-refractivity contribution in [3.05, 3.63) is 45.4 Å². The molecule has 0 aromatic carbocycles. The maximum atomic E-state index is 11.9. The molecule has 0 saturated carbocycles. The lowest BCUT2D eigenvalue weighted by atomic mass is 10.1. The molecule has 118 valence electrons. The van der Waals surface area contributed by atoms with Gasteiger partial charge in [0.25, 0.3) is 5.56 Å². The van der Waals surface area contributed by atoms with Crippen molar-refractivity contribution in [3.63, 3.8) is 0 Å². The molecule has 4 atom stereocenters. The molecule has 9 nitrogen and oxygen atoms in total. The number of hydrogen-bond donors (Lipinski definition) is 4. The second-order valence-electron chi connectivity index (χ2n) is 4.92. The van der Waals surface area contributed by atoms with Crippen LogP contribution in [-0.2, 0) is 4.74 Å². The molecule has 3 heterocycles. The van der Waals surface area contributed by atoms with Crippen LogP contribution in [0.4, 0.5) is 0 Å². The molecule has 0 bridgehead atoms. The fraction of sp³-hybridized carbons (Fsp3) is 0.385. The number of aromatic nitrogens is 2. The smallest absolute Gasteiger partial charge is 0.330 e. The van der Waals surface area contributed by atoms with Crippen molar-refractivity contribution >= 4 is 0 Å². The van der Waals surface area contributed by atoms with E-state index in [1.54, 1.807) is 6.07 Å². The largest absolute Gasteiger partial charge is 0.464 e. The molecule has 0 spiro atoms. The van der Waals surface area contributed by atoms with Crippen LogP contribution < -0.4 is 11.2 Å². The topological polar surface area (TPSA) is 138 Å². The van der Waals surface area contributed by atoms with E-state index in [2.05, 4.69) is 4.98 Å². The van der Waals surface area contributed by atoms with Crippen molar-refractivity contribution in [3.8, 4) is 11.3 Å². The van der Waals surface area contributed by atoms with Crippen molar-refractivity contribution < 1.29 is 24.5 Å². The van der Waals surface area contributed by atoms with Crippen molar-refractivity contribution in [1.29, 1.82) is 0 Å². The summed E-state index contributed by atoms with van der Waals surface area (Å²) in [5.74, 6) is 0.238. The van der Waals surface area contributed by atoms with Gasteiger partial charge in [-0.05, 0) is 12.1 Å². The highest BCUT2D eigenvalue weighted by atomic mass is 16.6. The van der Waals surface area contributed by atoms with E-state index in [0.717, 1.165) is 4.57 Å². The van der Waals surface area contributed by atoms with E-state index in [9.17, 15) is 19.8 Å². The van der Waals surface area contributed by atoms with E-state index >= 15 is 0 Å². The highest BCUT2D eigenvalue weighted by molar-refractivity contribution is 5.54. The van der Waals surface area contributed by atoms with Gasteiger partial charge in [-0.25, -0.2) is 4.79 Å². The number of aliphatic hydroxyl groups excluding tert-OH is 3. The third kappa shape index (κ3) is 2.29. The summed E-state index contributed by atoms with van der Waals surface area (Å²) in [4.78, 5) is 25.9. The second-order valence-corrected chi connectivity index (χ2v) is 4.92.